The Kier molecular flexibility index (Phi) is 4.62. The Labute approximate surface area is 158 Å². The monoisotopic (exact) mass is 362 g/mol. The molecule has 0 saturated heterocycles. The van der Waals surface area contributed by atoms with Gasteiger partial charge in [-0.2, -0.15) is 10.1 Å². The lowest BCUT2D eigenvalue weighted by atomic mass is 9.91. The third-order valence-corrected chi connectivity index (χ3v) is 5.08. The minimum absolute atomic E-state index is 0.0385. The van der Waals surface area contributed by atoms with E-state index in [9.17, 15) is 4.79 Å². The summed E-state index contributed by atoms with van der Waals surface area (Å²) in [6.45, 7) is 1.87. The van der Waals surface area contributed by atoms with Gasteiger partial charge in [0.2, 0.25) is 11.9 Å². The second-order valence-corrected chi connectivity index (χ2v) is 6.54. The molecule has 0 fully saturated rings. The summed E-state index contributed by atoms with van der Waals surface area (Å²) in [5.41, 5.74) is 2.13. The SMILES string of the molecule is CCC(=O)N1c2ncnn2[C@H](c2ccccc2OC)C[C@@H]1c1ccccc1. The van der Waals surface area contributed by atoms with E-state index >= 15 is 0 Å². The summed E-state index contributed by atoms with van der Waals surface area (Å²) in [4.78, 5) is 19.0. The van der Waals surface area contributed by atoms with E-state index in [0.717, 1.165) is 16.9 Å². The molecule has 0 N–H and O–H groups in total. The minimum Gasteiger partial charge on any atom is -0.496 e. The van der Waals surface area contributed by atoms with Crippen molar-refractivity contribution in [2.24, 2.45) is 0 Å². The van der Waals surface area contributed by atoms with Crippen molar-refractivity contribution in [3.05, 3.63) is 72.1 Å². The lowest BCUT2D eigenvalue weighted by molar-refractivity contribution is -0.119. The number of anilines is 1. The normalized spacial score (nSPS) is 18.8. The van der Waals surface area contributed by atoms with E-state index in [1.807, 2.05) is 54.1 Å². The number of hydrogen-bond donors (Lipinski definition) is 0. The van der Waals surface area contributed by atoms with Crippen LogP contribution in [0.25, 0.3) is 0 Å². The highest BCUT2D eigenvalue weighted by atomic mass is 16.5. The first-order valence-electron chi connectivity index (χ1n) is 9.14. The van der Waals surface area contributed by atoms with Gasteiger partial charge in [-0.15, -0.1) is 0 Å². The molecule has 2 heterocycles. The van der Waals surface area contributed by atoms with Gasteiger partial charge < -0.3 is 4.74 Å². The lowest BCUT2D eigenvalue weighted by Gasteiger charge is -2.39. The fourth-order valence-electron chi connectivity index (χ4n) is 3.81. The van der Waals surface area contributed by atoms with E-state index in [0.29, 0.717) is 18.8 Å². The molecule has 0 unspecified atom stereocenters. The fourth-order valence-corrected chi connectivity index (χ4v) is 3.81. The number of para-hydroxylation sites is 1. The van der Waals surface area contributed by atoms with E-state index in [1.54, 1.807) is 12.0 Å². The lowest BCUT2D eigenvalue weighted by Crippen LogP contribution is -2.42. The number of carbonyl (C=O) groups is 1. The predicted molar refractivity (Wildman–Crippen MR) is 103 cm³/mol. The Bertz CT molecular complexity index is 938. The average molecular weight is 362 g/mol. The molecule has 1 aliphatic heterocycles. The van der Waals surface area contributed by atoms with Gasteiger partial charge in [0.25, 0.3) is 0 Å². The molecule has 6 nitrogen and oxygen atoms in total. The zero-order valence-corrected chi connectivity index (χ0v) is 15.4. The van der Waals surface area contributed by atoms with Crippen LogP contribution < -0.4 is 9.64 Å². The van der Waals surface area contributed by atoms with Gasteiger partial charge in [0.1, 0.15) is 12.1 Å². The number of nitrogens with zero attached hydrogens (tertiary/aromatic N) is 4. The van der Waals surface area contributed by atoms with Gasteiger partial charge in [-0.25, -0.2) is 4.68 Å². The number of hydrogen-bond acceptors (Lipinski definition) is 4. The molecule has 3 aromatic rings. The minimum atomic E-state index is -0.106. The standard InChI is InChI=1S/C21H22N4O2/c1-3-20(26)24-17(15-9-5-4-6-10-15)13-18(25-21(24)22-14-23-25)16-11-7-8-12-19(16)27-2/h4-12,14,17-18H,3,13H2,1-2H3/t17-,18+/m1/s1. The molecule has 6 heteroatoms. The number of carbonyl (C=O) groups excluding carboxylic acids is 1. The van der Waals surface area contributed by atoms with Gasteiger partial charge in [0, 0.05) is 12.0 Å². The van der Waals surface area contributed by atoms with Crippen LogP contribution >= 0.6 is 0 Å². The number of methoxy groups -OCH3 is 1. The van der Waals surface area contributed by atoms with Crippen molar-refractivity contribution < 1.29 is 9.53 Å². The zero-order chi connectivity index (χ0) is 18.8. The third-order valence-electron chi connectivity index (χ3n) is 5.08. The maximum absolute atomic E-state index is 12.8. The summed E-state index contributed by atoms with van der Waals surface area (Å²) in [7, 11) is 1.67. The maximum Gasteiger partial charge on any atom is 0.231 e. The molecule has 0 saturated carbocycles. The van der Waals surface area contributed by atoms with Crippen LogP contribution in [0, 0.1) is 0 Å². The molecule has 0 radical (unpaired) electrons. The molecular weight excluding hydrogens is 340 g/mol. The van der Waals surface area contributed by atoms with Crippen molar-refractivity contribution in [3.63, 3.8) is 0 Å². The van der Waals surface area contributed by atoms with Crippen molar-refractivity contribution in [2.75, 3.05) is 12.0 Å². The van der Waals surface area contributed by atoms with Gasteiger partial charge in [0.05, 0.1) is 19.2 Å². The largest absolute Gasteiger partial charge is 0.496 e. The van der Waals surface area contributed by atoms with Crippen LogP contribution in [0.1, 0.15) is 43.0 Å². The molecule has 1 aromatic heterocycles. The number of benzene rings is 2. The zero-order valence-electron chi connectivity index (χ0n) is 15.4. The Hall–Kier alpha value is -3.15. The number of rotatable bonds is 4. The van der Waals surface area contributed by atoms with E-state index < -0.39 is 0 Å². The topological polar surface area (TPSA) is 60.2 Å². The van der Waals surface area contributed by atoms with Crippen molar-refractivity contribution in [3.8, 4) is 5.75 Å². The van der Waals surface area contributed by atoms with Gasteiger partial charge in [-0.05, 0) is 18.1 Å². The first-order valence-corrected chi connectivity index (χ1v) is 9.14. The quantitative estimate of drug-likeness (QED) is 0.709. The van der Waals surface area contributed by atoms with Crippen molar-refractivity contribution in [2.45, 2.75) is 31.8 Å². The van der Waals surface area contributed by atoms with Gasteiger partial charge in [-0.3, -0.25) is 9.69 Å². The van der Waals surface area contributed by atoms with Crippen molar-refractivity contribution >= 4 is 11.9 Å². The summed E-state index contributed by atoms with van der Waals surface area (Å²) in [5.74, 6) is 1.43. The summed E-state index contributed by atoms with van der Waals surface area (Å²) < 4.78 is 7.42. The fraction of sp³-hybridized carbons (Fsp3) is 0.286. The van der Waals surface area contributed by atoms with Crippen LogP contribution in [-0.2, 0) is 4.79 Å². The van der Waals surface area contributed by atoms with E-state index in [2.05, 4.69) is 22.2 Å². The molecule has 0 aliphatic carbocycles. The molecule has 1 amide bonds. The highest BCUT2D eigenvalue weighted by Gasteiger charge is 2.39. The van der Waals surface area contributed by atoms with Crippen molar-refractivity contribution in [1.29, 1.82) is 0 Å². The number of aromatic nitrogens is 3. The first-order chi connectivity index (χ1) is 13.2. The van der Waals surface area contributed by atoms with E-state index in [4.69, 9.17) is 4.74 Å². The van der Waals surface area contributed by atoms with Crippen LogP contribution in [0.2, 0.25) is 0 Å². The van der Waals surface area contributed by atoms with E-state index in [1.165, 1.54) is 6.33 Å². The molecular formula is C21H22N4O2. The van der Waals surface area contributed by atoms with Crippen LogP contribution in [0.15, 0.2) is 60.9 Å². The van der Waals surface area contributed by atoms with Gasteiger partial charge >= 0.3 is 0 Å². The van der Waals surface area contributed by atoms with Crippen LogP contribution in [0.5, 0.6) is 5.75 Å². The van der Waals surface area contributed by atoms with Crippen LogP contribution in [-0.4, -0.2) is 27.8 Å². The third kappa shape index (κ3) is 2.97. The summed E-state index contributed by atoms with van der Waals surface area (Å²) >= 11 is 0. The Morgan fingerprint density at radius 3 is 2.59 bits per heavy atom. The summed E-state index contributed by atoms with van der Waals surface area (Å²) in [6, 6.07) is 17.9. The molecule has 1 aliphatic rings. The molecule has 2 atom stereocenters. The first kappa shape index (κ1) is 17.3. The Morgan fingerprint density at radius 2 is 1.85 bits per heavy atom. The summed E-state index contributed by atoms with van der Waals surface area (Å²) in [5, 5.41) is 4.44. The second-order valence-electron chi connectivity index (χ2n) is 6.54. The molecule has 138 valence electrons. The molecule has 2 aromatic carbocycles. The van der Waals surface area contributed by atoms with Gasteiger partial charge in [0.15, 0.2) is 0 Å². The number of fused-ring (bicyclic) bond motifs is 1. The number of amides is 1. The maximum atomic E-state index is 12.8. The van der Waals surface area contributed by atoms with Crippen LogP contribution in [0.4, 0.5) is 5.95 Å². The van der Waals surface area contributed by atoms with Crippen molar-refractivity contribution in [1.82, 2.24) is 14.8 Å². The average Bonchev–Trinajstić information content (AvgIpc) is 3.22. The second kappa shape index (κ2) is 7.23. The smallest absolute Gasteiger partial charge is 0.231 e. The highest BCUT2D eigenvalue weighted by Crippen LogP contribution is 2.43. The summed E-state index contributed by atoms with van der Waals surface area (Å²) in [6.07, 6.45) is 2.63. The van der Waals surface area contributed by atoms with E-state index in [-0.39, 0.29) is 18.0 Å². The predicted octanol–water partition coefficient (Wildman–Crippen LogP) is 3.76. The molecule has 0 bridgehead atoms. The molecule has 4 rings (SSSR count). The molecule has 0 spiro atoms. The Morgan fingerprint density at radius 1 is 1.11 bits per heavy atom. The highest BCUT2D eigenvalue weighted by molar-refractivity contribution is 5.92. The Balaban J connectivity index is 1.87. The van der Waals surface area contributed by atoms with Crippen LogP contribution in [0.3, 0.4) is 0 Å². The molecule has 27 heavy (non-hydrogen) atoms. The van der Waals surface area contributed by atoms with Gasteiger partial charge in [-0.1, -0.05) is 55.5 Å². The number of ether oxygens (including phenoxy) is 1.